The lowest BCUT2D eigenvalue weighted by atomic mass is 10.1. The molecule has 1 heterocycles. The molecule has 0 amide bonds. The van der Waals surface area contributed by atoms with Crippen molar-refractivity contribution >= 4 is 44.3 Å². The summed E-state index contributed by atoms with van der Waals surface area (Å²) in [4.78, 5) is 10.4. The highest BCUT2D eigenvalue weighted by atomic mass is 79.9. The first-order valence-corrected chi connectivity index (χ1v) is 5.97. The fraction of sp³-hybridized carbons (Fsp3) is 0.273. The molecule has 2 aromatic rings. The highest BCUT2D eigenvalue weighted by Crippen LogP contribution is 2.29. The summed E-state index contributed by atoms with van der Waals surface area (Å²) in [6, 6.07) is 4.03. The van der Waals surface area contributed by atoms with Crippen molar-refractivity contribution in [3.8, 4) is 0 Å². The van der Waals surface area contributed by atoms with Gasteiger partial charge in [0.1, 0.15) is 5.82 Å². The van der Waals surface area contributed by atoms with Gasteiger partial charge in [0.15, 0.2) is 0 Å². The van der Waals surface area contributed by atoms with Crippen LogP contribution in [0.5, 0.6) is 0 Å². The Balaban J connectivity index is 2.89. The van der Waals surface area contributed by atoms with E-state index in [1.165, 1.54) is 0 Å². The van der Waals surface area contributed by atoms with Crippen molar-refractivity contribution in [1.29, 1.82) is 0 Å². The normalized spacial score (nSPS) is 10.8. The first kappa shape index (κ1) is 11.6. The van der Waals surface area contributed by atoms with Gasteiger partial charge < -0.3 is 4.90 Å². The molecule has 0 radical (unpaired) electrons. The second kappa shape index (κ2) is 4.18. The fourth-order valence-corrected chi connectivity index (χ4v) is 2.40. The first-order chi connectivity index (χ1) is 7.49. The van der Waals surface area contributed by atoms with E-state index in [0.29, 0.717) is 0 Å². The van der Waals surface area contributed by atoms with E-state index in [4.69, 9.17) is 11.6 Å². The lowest BCUT2D eigenvalue weighted by Gasteiger charge is -2.15. The Kier molecular flexibility index (Phi) is 3.04. The number of benzene rings is 1. The molecule has 0 fully saturated rings. The summed E-state index contributed by atoms with van der Waals surface area (Å²) in [5.41, 5.74) is 1.98. The topological polar surface area (TPSA) is 29.0 Å². The van der Waals surface area contributed by atoms with E-state index in [0.717, 1.165) is 26.8 Å². The first-order valence-electron chi connectivity index (χ1n) is 4.80. The summed E-state index contributed by atoms with van der Waals surface area (Å²) >= 11 is 9.40. The Labute approximate surface area is 108 Å². The highest BCUT2D eigenvalue weighted by molar-refractivity contribution is 9.10. The number of aryl methyl sites for hydroxylation is 1. The van der Waals surface area contributed by atoms with Crippen molar-refractivity contribution in [2.45, 2.75) is 6.92 Å². The number of halogens is 2. The van der Waals surface area contributed by atoms with E-state index >= 15 is 0 Å². The van der Waals surface area contributed by atoms with Gasteiger partial charge in [-0.25, -0.2) is 4.98 Å². The molecule has 1 aromatic carbocycles. The van der Waals surface area contributed by atoms with E-state index in [9.17, 15) is 0 Å². The Morgan fingerprint density at radius 1 is 1.25 bits per heavy atom. The molecular formula is C11H11BrClN3. The molecule has 2 rings (SSSR count). The van der Waals surface area contributed by atoms with Crippen LogP contribution in [-0.2, 0) is 0 Å². The number of aromatic nitrogens is 2. The lowest BCUT2D eigenvalue weighted by Crippen LogP contribution is -2.12. The smallest absolute Gasteiger partial charge is 0.224 e. The number of fused-ring (bicyclic) bond motifs is 1. The minimum Gasteiger partial charge on any atom is -0.362 e. The molecule has 0 saturated carbocycles. The van der Waals surface area contributed by atoms with Crippen LogP contribution in [0.15, 0.2) is 16.6 Å². The zero-order valence-corrected chi connectivity index (χ0v) is 11.6. The standard InChI is InChI=1S/C11H11BrClN3/c1-6-4-7(12)5-8-9(6)14-11(13)15-10(8)16(2)3/h4-5H,1-3H3. The maximum absolute atomic E-state index is 5.92. The largest absolute Gasteiger partial charge is 0.362 e. The third kappa shape index (κ3) is 1.99. The molecule has 0 atom stereocenters. The number of hydrogen-bond acceptors (Lipinski definition) is 3. The molecule has 0 saturated heterocycles. The molecule has 0 N–H and O–H groups in total. The van der Waals surface area contributed by atoms with Gasteiger partial charge in [-0.1, -0.05) is 15.9 Å². The lowest BCUT2D eigenvalue weighted by molar-refractivity contribution is 1.06. The third-order valence-electron chi connectivity index (χ3n) is 2.33. The predicted octanol–water partition coefficient (Wildman–Crippen LogP) is 3.42. The van der Waals surface area contributed by atoms with Crippen LogP contribution in [0, 0.1) is 6.92 Å². The summed E-state index contributed by atoms with van der Waals surface area (Å²) < 4.78 is 1.02. The SMILES string of the molecule is Cc1cc(Br)cc2c(N(C)C)nc(Cl)nc12. The minimum absolute atomic E-state index is 0.279. The summed E-state index contributed by atoms with van der Waals surface area (Å²) in [6.07, 6.45) is 0. The Hall–Kier alpha value is -0.870. The van der Waals surface area contributed by atoms with Crippen LogP contribution in [0.25, 0.3) is 10.9 Å². The van der Waals surface area contributed by atoms with Crippen LogP contribution in [0.3, 0.4) is 0 Å². The van der Waals surface area contributed by atoms with E-state index < -0.39 is 0 Å². The summed E-state index contributed by atoms with van der Waals surface area (Å²) in [5.74, 6) is 0.833. The van der Waals surface area contributed by atoms with Crippen LogP contribution in [-0.4, -0.2) is 24.1 Å². The Morgan fingerprint density at radius 3 is 2.56 bits per heavy atom. The number of rotatable bonds is 1. The average Bonchev–Trinajstić information content (AvgIpc) is 2.18. The average molecular weight is 301 g/mol. The monoisotopic (exact) mass is 299 g/mol. The molecule has 0 bridgehead atoms. The van der Waals surface area contributed by atoms with Crippen molar-refractivity contribution in [2.24, 2.45) is 0 Å². The van der Waals surface area contributed by atoms with Gasteiger partial charge in [-0.15, -0.1) is 0 Å². The van der Waals surface area contributed by atoms with E-state index in [-0.39, 0.29) is 5.28 Å². The minimum atomic E-state index is 0.279. The van der Waals surface area contributed by atoms with Gasteiger partial charge in [-0.05, 0) is 36.2 Å². The van der Waals surface area contributed by atoms with Gasteiger partial charge in [0.25, 0.3) is 0 Å². The van der Waals surface area contributed by atoms with Gasteiger partial charge >= 0.3 is 0 Å². The molecule has 84 valence electrons. The highest BCUT2D eigenvalue weighted by Gasteiger charge is 2.10. The zero-order chi connectivity index (χ0) is 11.9. The number of anilines is 1. The van der Waals surface area contributed by atoms with Gasteiger partial charge in [-0.3, -0.25) is 0 Å². The third-order valence-corrected chi connectivity index (χ3v) is 2.96. The van der Waals surface area contributed by atoms with E-state index in [2.05, 4.69) is 25.9 Å². The molecular weight excluding hydrogens is 289 g/mol. The molecule has 0 unspecified atom stereocenters. The van der Waals surface area contributed by atoms with Gasteiger partial charge in [-0.2, -0.15) is 4.98 Å². The van der Waals surface area contributed by atoms with Gasteiger partial charge in [0, 0.05) is 24.0 Å². The Morgan fingerprint density at radius 2 is 1.94 bits per heavy atom. The quantitative estimate of drug-likeness (QED) is 0.756. The predicted molar refractivity (Wildman–Crippen MR) is 71.3 cm³/mol. The maximum Gasteiger partial charge on any atom is 0.224 e. The molecule has 0 aliphatic heterocycles. The van der Waals surface area contributed by atoms with Crippen molar-refractivity contribution in [3.05, 3.63) is 27.5 Å². The van der Waals surface area contributed by atoms with E-state index in [1.807, 2.05) is 38.1 Å². The van der Waals surface area contributed by atoms with Crippen LogP contribution < -0.4 is 4.90 Å². The second-order valence-corrected chi connectivity index (χ2v) is 5.08. The molecule has 0 aliphatic carbocycles. The summed E-state index contributed by atoms with van der Waals surface area (Å²) in [5, 5.41) is 1.28. The Bertz CT molecular complexity index is 554. The van der Waals surface area contributed by atoms with Crippen LogP contribution >= 0.6 is 27.5 Å². The summed E-state index contributed by atoms with van der Waals surface area (Å²) in [7, 11) is 3.88. The molecule has 5 heteroatoms. The molecule has 0 spiro atoms. The van der Waals surface area contributed by atoms with Crippen molar-refractivity contribution in [2.75, 3.05) is 19.0 Å². The van der Waals surface area contributed by atoms with Crippen LogP contribution in [0.1, 0.15) is 5.56 Å². The molecule has 3 nitrogen and oxygen atoms in total. The van der Waals surface area contributed by atoms with Gasteiger partial charge in [0.05, 0.1) is 5.52 Å². The van der Waals surface area contributed by atoms with Crippen molar-refractivity contribution < 1.29 is 0 Å². The van der Waals surface area contributed by atoms with Crippen LogP contribution in [0.2, 0.25) is 5.28 Å². The fourth-order valence-electron chi connectivity index (χ4n) is 1.66. The maximum atomic E-state index is 5.92. The zero-order valence-electron chi connectivity index (χ0n) is 9.25. The summed E-state index contributed by atoms with van der Waals surface area (Å²) in [6.45, 7) is 2.01. The number of nitrogens with zero attached hydrogens (tertiary/aromatic N) is 3. The van der Waals surface area contributed by atoms with Gasteiger partial charge in [0.2, 0.25) is 5.28 Å². The molecule has 1 aromatic heterocycles. The van der Waals surface area contributed by atoms with Crippen molar-refractivity contribution in [1.82, 2.24) is 9.97 Å². The van der Waals surface area contributed by atoms with Crippen LogP contribution in [0.4, 0.5) is 5.82 Å². The number of hydrogen-bond donors (Lipinski definition) is 0. The second-order valence-electron chi connectivity index (χ2n) is 3.83. The molecule has 16 heavy (non-hydrogen) atoms. The molecule has 0 aliphatic rings. The van der Waals surface area contributed by atoms with Crippen molar-refractivity contribution in [3.63, 3.8) is 0 Å². The van der Waals surface area contributed by atoms with E-state index in [1.54, 1.807) is 0 Å².